The van der Waals surface area contributed by atoms with Gasteiger partial charge in [-0.3, -0.25) is 0 Å². The van der Waals surface area contributed by atoms with E-state index in [0.717, 1.165) is 28.3 Å². The van der Waals surface area contributed by atoms with Crippen LogP contribution in [-0.2, 0) is 11.9 Å². The molecule has 1 nitrogen and oxygen atoms in total. The average molecular weight is 341 g/mol. The molecule has 20 heavy (non-hydrogen) atoms. The first-order valence-corrected chi connectivity index (χ1v) is 7.35. The summed E-state index contributed by atoms with van der Waals surface area (Å²) in [6.45, 7) is 4.06. The molecule has 0 aliphatic carbocycles. The average Bonchev–Trinajstić information content (AvgIpc) is 2.36. The van der Waals surface area contributed by atoms with Gasteiger partial charge in [-0.2, -0.15) is 0 Å². The highest BCUT2D eigenvalue weighted by molar-refractivity contribution is 9.08. The van der Waals surface area contributed by atoms with E-state index in [4.69, 9.17) is 4.74 Å². The van der Waals surface area contributed by atoms with E-state index in [9.17, 15) is 8.78 Å². The monoisotopic (exact) mass is 340 g/mol. The number of alkyl halides is 1. The van der Waals surface area contributed by atoms with Crippen molar-refractivity contribution in [1.29, 1.82) is 0 Å². The van der Waals surface area contributed by atoms with Crippen LogP contribution in [0.1, 0.15) is 22.3 Å². The molecule has 0 aromatic heterocycles. The van der Waals surface area contributed by atoms with E-state index in [1.807, 2.05) is 26.0 Å². The molecule has 0 unspecified atom stereocenters. The van der Waals surface area contributed by atoms with Gasteiger partial charge in [0.2, 0.25) is 0 Å². The van der Waals surface area contributed by atoms with E-state index in [1.165, 1.54) is 17.7 Å². The molecule has 4 heteroatoms. The van der Waals surface area contributed by atoms with E-state index in [1.54, 1.807) is 0 Å². The van der Waals surface area contributed by atoms with Gasteiger partial charge < -0.3 is 4.74 Å². The molecular formula is C16H15BrF2O. The van der Waals surface area contributed by atoms with Crippen LogP contribution in [0, 0.1) is 25.5 Å². The second kappa shape index (κ2) is 6.35. The molecule has 0 saturated heterocycles. The highest BCUT2D eigenvalue weighted by Gasteiger charge is 2.08. The summed E-state index contributed by atoms with van der Waals surface area (Å²) in [5.41, 5.74) is 3.67. The lowest BCUT2D eigenvalue weighted by Gasteiger charge is -2.13. The second-order valence-corrected chi connectivity index (χ2v) is 5.32. The molecule has 0 aliphatic heterocycles. The Morgan fingerprint density at radius 3 is 1.95 bits per heavy atom. The number of halogens is 3. The topological polar surface area (TPSA) is 9.23 Å². The molecule has 0 N–H and O–H groups in total. The lowest BCUT2D eigenvalue weighted by Crippen LogP contribution is -2.01. The number of hydrogen-bond acceptors (Lipinski definition) is 1. The summed E-state index contributed by atoms with van der Waals surface area (Å²) in [6.07, 6.45) is 0. The number of aryl methyl sites for hydroxylation is 2. The molecule has 0 saturated carbocycles. The lowest BCUT2D eigenvalue weighted by atomic mass is 10.1. The summed E-state index contributed by atoms with van der Waals surface area (Å²) >= 11 is 3.42. The molecule has 2 aromatic rings. The molecule has 0 heterocycles. The predicted octanol–water partition coefficient (Wildman–Crippen LogP) is 5.06. The SMILES string of the molecule is Cc1cc(CBr)cc(C)c1OCc1cc(F)cc(F)c1. The molecule has 2 rings (SSSR count). The Labute approximate surface area is 125 Å². The van der Waals surface area contributed by atoms with Gasteiger partial charge in [0.1, 0.15) is 24.0 Å². The zero-order chi connectivity index (χ0) is 14.7. The van der Waals surface area contributed by atoms with Crippen LogP contribution in [0.3, 0.4) is 0 Å². The summed E-state index contributed by atoms with van der Waals surface area (Å²) in [5, 5.41) is 0.782. The molecule has 0 spiro atoms. The number of rotatable bonds is 4. The number of benzene rings is 2. The molecular weight excluding hydrogens is 326 g/mol. The van der Waals surface area contributed by atoms with Crippen LogP contribution in [0.2, 0.25) is 0 Å². The fourth-order valence-corrected chi connectivity index (χ4v) is 2.52. The molecule has 0 bridgehead atoms. The maximum Gasteiger partial charge on any atom is 0.126 e. The Morgan fingerprint density at radius 1 is 0.900 bits per heavy atom. The molecule has 0 aliphatic rings. The van der Waals surface area contributed by atoms with E-state index < -0.39 is 11.6 Å². The Hall–Kier alpha value is -1.42. The third kappa shape index (κ3) is 3.57. The summed E-state index contributed by atoms with van der Waals surface area (Å²) in [4.78, 5) is 0. The Morgan fingerprint density at radius 2 is 1.45 bits per heavy atom. The van der Waals surface area contributed by atoms with Crippen LogP contribution < -0.4 is 4.74 Å². The van der Waals surface area contributed by atoms with Crippen molar-refractivity contribution in [2.24, 2.45) is 0 Å². The summed E-state index contributed by atoms with van der Waals surface area (Å²) < 4.78 is 31.9. The molecule has 0 amide bonds. The van der Waals surface area contributed by atoms with Gasteiger partial charge in [-0.05, 0) is 48.2 Å². The molecule has 0 fully saturated rings. The van der Waals surface area contributed by atoms with Gasteiger partial charge in [0.05, 0.1) is 0 Å². The third-order valence-electron chi connectivity index (χ3n) is 2.98. The van der Waals surface area contributed by atoms with E-state index in [2.05, 4.69) is 15.9 Å². The van der Waals surface area contributed by atoms with Gasteiger partial charge in [-0.25, -0.2) is 8.78 Å². The predicted molar refractivity (Wildman–Crippen MR) is 79.2 cm³/mol. The highest BCUT2D eigenvalue weighted by Crippen LogP contribution is 2.26. The van der Waals surface area contributed by atoms with Gasteiger partial charge in [-0.15, -0.1) is 0 Å². The van der Waals surface area contributed by atoms with Crippen molar-refractivity contribution in [3.8, 4) is 5.75 Å². The van der Waals surface area contributed by atoms with Gasteiger partial charge >= 0.3 is 0 Å². The first-order valence-electron chi connectivity index (χ1n) is 6.23. The minimum absolute atomic E-state index is 0.143. The molecule has 106 valence electrons. The molecule has 0 atom stereocenters. The van der Waals surface area contributed by atoms with Crippen LogP contribution in [-0.4, -0.2) is 0 Å². The quantitative estimate of drug-likeness (QED) is 0.707. The van der Waals surface area contributed by atoms with Crippen molar-refractivity contribution < 1.29 is 13.5 Å². The normalized spacial score (nSPS) is 10.7. The Bertz CT molecular complexity index is 583. The maximum absolute atomic E-state index is 13.1. The van der Waals surface area contributed by atoms with Crippen molar-refractivity contribution in [1.82, 2.24) is 0 Å². The fraction of sp³-hybridized carbons (Fsp3) is 0.250. The van der Waals surface area contributed by atoms with Crippen LogP contribution in [0.5, 0.6) is 5.75 Å². The first-order chi connectivity index (χ1) is 9.49. The van der Waals surface area contributed by atoms with E-state index >= 15 is 0 Å². The fourth-order valence-electron chi connectivity index (χ4n) is 2.19. The summed E-state index contributed by atoms with van der Waals surface area (Å²) in [5.74, 6) is -0.419. The van der Waals surface area contributed by atoms with Crippen molar-refractivity contribution in [3.63, 3.8) is 0 Å². The highest BCUT2D eigenvalue weighted by atomic mass is 79.9. The second-order valence-electron chi connectivity index (χ2n) is 4.76. The largest absolute Gasteiger partial charge is 0.488 e. The minimum atomic E-state index is -0.591. The number of hydrogen-bond donors (Lipinski definition) is 0. The van der Waals surface area contributed by atoms with Gasteiger partial charge in [-0.1, -0.05) is 28.1 Å². The van der Waals surface area contributed by atoms with Gasteiger partial charge in [0, 0.05) is 11.4 Å². The standard InChI is InChI=1S/C16H15BrF2O/c1-10-3-12(8-17)4-11(2)16(10)20-9-13-5-14(18)7-15(19)6-13/h3-7H,8-9H2,1-2H3. The Kier molecular flexibility index (Phi) is 4.76. The first kappa shape index (κ1) is 15.0. The van der Waals surface area contributed by atoms with Crippen molar-refractivity contribution in [3.05, 3.63) is 64.2 Å². The van der Waals surface area contributed by atoms with Crippen molar-refractivity contribution >= 4 is 15.9 Å². The smallest absolute Gasteiger partial charge is 0.126 e. The van der Waals surface area contributed by atoms with Crippen LogP contribution in [0.25, 0.3) is 0 Å². The van der Waals surface area contributed by atoms with Crippen molar-refractivity contribution in [2.45, 2.75) is 25.8 Å². The lowest BCUT2D eigenvalue weighted by molar-refractivity contribution is 0.300. The minimum Gasteiger partial charge on any atom is -0.488 e. The number of ether oxygens (including phenoxy) is 1. The Balaban J connectivity index is 2.18. The van der Waals surface area contributed by atoms with Crippen LogP contribution in [0.4, 0.5) is 8.78 Å². The van der Waals surface area contributed by atoms with E-state index in [-0.39, 0.29) is 6.61 Å². The van der Waals surface area contributed by atoms with Crippen LogP contribution >= 0.6 is 15.9 Å². The van der Waals surface area contributed by atoms with Crippen LogP contribution in [0.15, 0.2) is 30.3 Å². The maximum atomic E-state index is 13.1. The summed E-state index contributed by atoms with van der Waals surface area (Å²) in [7, 11) is 0. The summed E-state index contributed by atoms with van der Waals surface area (Å²) in [6, 6.07) is 7.47. The van der Waals surface area contributed by atoms with Gasteiger partial charge in [0.25, 0.3) is 0 Å². The van der Waals surface area contributed by atoms with E-state index in [0.29, 0.717) is 5.56 Å². The zero-order valence-corrected chi connectivity index (χ0v) is 12.9. The molecule has 0 radical (unpaired) electrons. The van der Waals surface area contributed by atoms with Crippen molar-refractivity contribution in [2.75, 3.05) is 0 Å². The zero-order valence-electron chi connectivity index (χ0n) is 11.3. The molecule has 2 aromatic carbocycles. The third-order valence-corrected chi connectivity index (χ3v) is 3.63. The van der Waals surface area contributed by atoms with Gasteiger partial charge in [0.15, 0.2) is 0 Å².